The molecule has 0 amide bonds. The molecule has 2 atom stereocenters. The lowest BCUT2D eigenvalue weighted by Gasteiger charge is -2.11. The maximum Gasteiger partial charge on any atom is 0.335 e. The minimum Gasteiger partial charge on any atom is -0.464 e. The van der Waals surface area contributed by atoms with Gasteiger partial charge in [0, 0.05) is 6.54 Å². The summed E-state index contributed by atoms with van der Waals surface area (Å²) >= 11 is 0. The predicted octanol–water partition coefficient (Wildman–Crippen LogP) is 1.62. The summed E-state index contributed by atoms with van der Waals surface area (Å²) in [6.45, 7) is 3.16. The average molecular weight is 229 g/mol. The Morgan fingerprint density at radius 2 is 2.19 bits per heavy atom. The molecule has 0 bridgehead atoms. The maximum atomic E-state index is 11.6. The van der Waals surface area contributed by atoms with Crippen molar-refractivity contribution in [3.63, 3.8) is 0 Å². The number of hydrogen-bond donors (Lipinski definition) is 1. The highest BCUT2D eigenvalue weighted by atomic mass is 16.6. The second-order valence-corrected chi connectivity index (χ2v) is 4.29. The molecule has 1 aliphatic heterocycles. The normalized spacial score (nSPS) is 24.6. The van der Waals surface area contributed by atoms with Crippen molar-refractivity contribution < 1.29 is 14.3 Å². The standard InChI is InChI=1S/C12H23NO3/c1-2-3-4-5-8-15-12(14)11-7-6-10(9-13)16-11/h10-11H,2-9,13H2,1H3. The van der Waals surface area contributed by atoms with Crippen LogP contribution in [0, 0.1) is 0 Å². The molecule has 0 aromatic carbocycles. The minimum atomic E-state index is -0.375. The Bertz CT molecular complexity index is 208. The number of esters is 1. The van der Waals surface area contributed by atoms with Crippen molar-refractivity contribution in [2.45, 2.75) is 57.7 Å². The lowest BCUT2D eigenvalue weighted by Crippen LogP contribution is -2.26. The Hall–Kier alpha value is -0.610. The number of nitrogens with two attached hydrogens (primary N) is 1. The van der Waals surface area contributed by atoms with Crippen molar-refractivity contribution >= 4 is 5.97 Å². The van der Waals surface area contributed by atoms with Gasteiger partial charge in [-0.15, -0.1) is 0 Å². The molecule has 1 aliphatic rings. The Morgan fingerprint density at radius 1 is 1.38 bits per heavy atom. The van der Waals surface area contributed by atoms with Gasteiger partial charge in [-0.1, -0.05) is 26.2 Å². The fourth-order valence-electron chi connectivity index (χ4n) is 1.85. The highest BCUT2D eigenvalue weighted by Crippen LogP contribution is 2.19. The van der Waals surface area contributed by atoms with Crippen LogP contribution < -0.4 is 5.73 Å². The van der Waals surface area contributed by atoms with E-state index >= 15 is 0 Å². The van der Waals surface area contributed by atoms with Gasteiger partial charge in [0.05, 0.1) is 12.7 Å². The van der Waals surface area contributed by atoms with Gasteiger partial charge >= 0.3 is 5.97 Å². The second kappa shape index (κ2) is 7.63. The highest BCUT2D eigenvalue weighted by molar-refractivity contribution is 5.74. The second-order valence-electron chi connectivity index (χ2n) is 4.29. The largest absolute Gasteiger partial charge is 0.464 e. The van der Waals surface area contributed by atoms with Crippen LogP contribution in [0.25, 0.3) is 0 Å². The summed E-state index contributed by atoms with van der Waals surface area (Å²) < 4.78 is 10.6. The zero-order valence-corrected chi connectivity index (χ0v) is 10.1. The van der Waals surface area contributed by atoms with Gasteiger partial charge < -0.3 is 15.2 Å². The van der Waals surface area contributed by atoms with Crippen molar-refractivity contribution in [2.24, 2.45) is 5.73 Å². The van der Waals surface area contributed by atoms with E-state index in [2.05, 4.69) is 6.92 Å². The van der Waals surface area contributed by atoms with E-state index in [9.17, 15) is 4.79 Å². The van der Waals surface area contributed by atoms with E-state index in [0.717, 1.165) is 25.7 Å². The van der Waals surface area contributed by atoms with E-state index in [4.69, 9.17) is 15.2 Å². The topological polar surface area (TPSA) is 61.5 Å². The van der Waals surface area contributed by atoms with E-state index < -0.39 is 0 Å². The van der Waals surface area contributed by atoms with Gasteiger partial charge in [0.25, 0.3) is 0 Å². The maximum absolute atomic E-state index is 11.6. The van der Waals surface area contributed by atoms with Crippen molar-refractivity contribution in [1.29, 1.82) is 0 Å². The van der Waals surface area contributed by atoms with Gasteiger partial charge in [-0.05, 0) is 19.3 Å². The molecule has 0 spiro atoms. The number of ether oxygens (including phenoxy) is 2. The van der Waals surface area contributed by atoms with Gasteiger partial charge in [-0.2, -0.15) is 0 Å². The molecule has 2 unspecified atom stereocenters. The lowest BCUT2D eigenvalue weighted by molar-refractivity contribution is -0.156. The number of hydrogen-bond acceptors (Lipinski definition) is 4. The quantitative estimate of drug-likeness (QED) is 0.532. The van der Waals surface area contributed by atoms with E-state index in [1.165, 1.54) is 12.8 Å². The molecule has 1 heterocycles. The molecule has 0 radical (unpaired) electrons. The van der Waals surface area contributed by atoms with Crippen LogP contribution in [0.1, 0.15) is 45.4 Å². The summed E-state index contributed by atoms with van der Waals surface area (Å²) in [6.07, 6.45) is 5.75. The first-order valence-corrected chi connectivity index (χ1v) is 6.30. The third-order valence-corrected chi connectivity index (χ3v) is 2.88. The summed E-state index contributed by atoms with van der Waals surface area (Å²) in [5.74, 6) is -0.215. The molecule has 0 aliphatic carbocycles. The first-order valence-electron chi connectivity index (χ1n) is 6.30. The van der Waals surface area contributed by atoms with Gasteiger partial charge in [0.1, 0.15) is 0 Å². The molecule has 4 heteroatoms. The third kappa shape index (κ3) is 4.49. The van der Waals surface area contributed by atoms with Crippen LogP contribution in [0.4, 0.5) is 0 Å². The number of carbonyl (C=O) groups is 1. The van der Waals surface area contributed by atoms with E-state index in [0.29, 0.717) is 13.2 Å². The van der Waals surface area contributed by atoms with E-state index in [-0.39, 0.29) is 18.2 Å². The molecule has 2 N–H and O–H groups in total. The molecule has 1 saturated heterocycles. The van der Waals surface area contributed by atoms with Crippen molar-refractivity contribution in [3.8, 4) is 0 Å². The minimum absolute atomic E-state index is 0.0395. The Labute approximate surface area is 97.5 Å². The van der Waals surface area contributed by atoms with Crippen molar-refractivity contribution in [1.82, 2.24) is 0 Å². The predicted molar refractivity (Wildman–Crippen MR) is 62.1 cm³/mol. The molecule has 0 saturated carbocycles. The van der Waals surface area contributed by atoms with Crippen LogP contribution >= 0.6 is 0 Å². The molecular weight excluding hydrogens is 206 g/mol. The van der Waals surface area contributed by atoms with E-state index in [1.807, 2.05) is 0 Å². The zero-order chi connectivity index (χ0) is 11.8. The van der Waals surface area contributed by atoms with Gasteiger partial charge in [0.2, 0.25) is 0 Å². The van der Waals surface area contributed by atoms with E-state index in [1.54, 1.807) is 0 Å². The first-order chi connectivity index (χ1) is 7.77. The Morgan fingerprint density at radius 3 is 2.81 bits per heavy atom. The Kier molecular flexibility index (Phi) is 6.42. The molecule has 4 nitrogen and oxygen atoms in total. The van der Waals surface area contributed by atoms with Crippen LogP contribution in [0.3, 0.4) is 0 Å². The molecule has 1 fully saturated rings. The van der Waals surface area contributed by atoms with Crippen molar-refractivity contribution in [3.05, 3.63) is 0 Å². The monoisotopic (exact) mass is 229 g/mol. The number of carbonyl (C=O) groups excluding carboxylic acids is 1. The highest BCUT2D eigenvalue weighted by Gasteiger charge is 2.30. The molecule has 1 rings (SSSR count). The Balaban J connectivity index is 2.06. The van der Waals surface area contributed by atoms with Gasteiger partial charge in [-0.3, -0.25) is 0 Å². The number of unbranched alkanes of at least 4 members (excludes halogenated alkanes) is 3. The van der Waals surface area contributed by atoms with Gasteiger partial charge in [-0.25, -0.2) is 4.79 Å². The number of rotatable bonds is 7. The summed E-state index contributed by atoms with van der Waals surface area (Å²) in [7, 11) is 0. The van der Waals surface area contributed by atoms with Gasteiger partial charge in [0.15, 0.2) is 6.10 Å². The van der Waals surface area contributed by atoms with Crippen LogP contribution in [-0.4, -0.2) is 31.3 Å². The lowest BCUT2D eigenvalue weighted by atomic mass is 10.2. The fourth-order valence-corrected chi connectivity index (χ4v) is 1.85. The van der Waals surface area contributed by atoms with Crippen LogP contribution in [-0.2, 0) is 14.3 Å². The van der Waals surface area contributed by atoms with Crippen LogP contribution in [0.5, 0.6) is 0 Å². The molecule has 94 valence electrons. The average Bonchev–Trinajstić information content (AvgIpc) is 2.77. The smallest absolute Gasteiger partial charge is 0.335 e. The summed E-state index contributed by atoms with van der Waals surface area (Å²) in [6, 6.07) is 0. The first kappa shape index (κ1) is 13.5. The van der Waals surface area contributed by atoms with Crippen LogP contribution in [0.15, 0.2) is 0 Å². The molecule has 0 aromatic rings. The fraction of sp³-hybridized carbons (Fsp3) is 0.917. The molecular formula is C12H23NO3. The zero-order valence-electron chi connectivity index (χ0n) is 10.1. The summed E-state index contributed by atoms with van der Waals surface area (Å²) in [5.41, 5.74) is 5.47. The van der Waals surface area contributed by atoms with Crippen LogP contribution in [0.2, 0.25) is 0 Å². The molecule has 0 aromatic heterocycles. The van der Waals surface area contributed by atoms with Crippen molar-refractivity contribution in [2.75, 3.05) is 13.2 Å². The third-order valence-electron chi connectivity index (χ3n) is 2.88. The SMILES string of the molecule is CCCCCCOC(=O)C1CCC(CN)O1. The molecule has 16 heavy (non-hydrogen) atoms. The summed E-state index contributed by atoms with van der Waals surface area (Å²) in [4.78, 5) is 11.6. The summed E-state index contributed by atoms with van der Waals surface area (Å²) in [5, 5.41) is 0.